The lowest BCUT2D eigenvalue weighted by molar-refractivity contribution is -0.386. The zero-order valence-electron chi connectivity index (χ0n) is 10.1. The van der Waals surface area contributed by atoms with Gasteiger partial charge in [0.15, 0.2) is 5.69 Å². The quantitative estimate of drug-likeness (QED) is 0.464. The lowest BCUT2D eigenvalue weighted by atomic mass is 10.1. The van der Waals surface area contributed by atoms with Gasteiger partial charge in [0.05, 0.1) is 24.7 Å². The number of rotatable bonds is 5. The van der Waals surface area contributed by atoms with Gasteiger partial charge in [-0.1, -0.05) is 0 Å². The Labute approximate surface area is 106 Å². The first kappa shape index (κ1) is 14.7. The topological polar surface area (TPSA) is 91.6 Å². The summed E-state index contributed by atoms with van der Waals surface area (Å²) in [6.45, 7) is 1.39. The second kappa shape index (κ2) is 6.03. The van der Waals surface area contributed by atoms with Crippen LogP contribution >= 0.6 is 0 Å². The molecule has 9 heteroatoms. The van der Waals surface area contributed by atoms with Crippen LogP contribution in [0.4, 0.5) is 14.5 Å². The Morgan fingerprint density at radius 3 is 2.63 bits per heavy atom. The third kappa shape index (κ3) is 3.12. The summed E-state index contributed by atoms with van der Waals surface area (Å²) in [7, 11) is 1.14. The summed E-state index contributed by atoms with van der Waals surface area (Å²) in [6, 6.07) is 0.726. The highest BCUT2D eigenvalue weighted by atomic mass is 19.3. The molecule has 0 fully saturated rings. The van der Waals surface area contributed by atoms with Crippen LogP contribution in [0.2, 0.25) is 0 Å². The van der Waals surface area contributed by atoms with E-state index in [0.717, 1.165) is 13.2 Å². The number of nitro groups is 1. The lowest BCUT2D eigenvalue weighted by Crippen LogP contribution is -2.13. The van der Waals surface area contributed by atoms with Gasteiger partial charge in [-0.05, 0) is 6.92 Å². The molecule has 0 aliphatic rings. The van der Waals surface area contributed by atoms with Gasteiger partial charge in [-0.15, -0.1) is 0 Å². The summed E-state index contributed by atoms with van der Waals surface area (Å²) in [6.07, 6.45) is -3.24. The minimum atomic E-state index is -3.24. The van der Waals surface area contributed by atoms with Crippen LogP contribution in [0.3, 0.4) is 0 Å². The van der Waals surface area contributed by atoms with Gasteiger partial charge >= 0.3 is 5.97 Å². The first-order valence-corrected chi connectivity index (χ1v) is 5.10. The summed E-state index contributed by atoms with van der Waals surface area (Å²) >= 11 is 0. The molecule has 7 nitrogen and oxygen atoms in total. The van der Waals surface area contributed by atoms with Crippen LogP contribution in [-0.4, -0.2) is 29.6 Å². The fourth-order valence-corrected chi connectivity index (χ4v) is 1.34. The zero-order chi connectivity index (χ0) is 14.6. The Morgan fingerprint density at radius 1 is 1.58 bits per heavy atom. The normalized spacial score (nSPS) is 10.4. The predicted octanol–water partition coefficient (Wildman–Crippen LogP) is 2.11. The first-order chi connectivity index (χ1) is 8.92. The number of ether oxygens (including phenoxy) is 2. The van der Waals surface area contributed by atoms with Crippen molar-refractivity contribution in [3.05, 3.63) is 27.4 Å². The number of carbonyl (C=O) groups is 1. The van der Waals surface area contributed by atoms with E-state index in [2.05, 4.69) is 14.5 Å². The standard InChI is InChI=1S/C10H10F2N2O5/c1-3-19-10(15)8-7(9(11)12)5(14(16)17)4-6(13-8)18-2/h4,9H,3H2,1-2H3. The highest BCUT2D eigenvalue weighted by Gasteiger charge is 2.32. The SMILES string of the molecule is CCOC(=O)c1nc(OC)cc([N+](=O)[O-])c1C(F)F. The predicted molar refractivity (Wildman–Crippen MR) is 58.4 cm³/mol. The first-order valence-electron chi connectivity index (χ1n) is 5.10. The van der Waals surface area contributed by atoms with E-state index < -0.39 is 34.3 Å². The van der Waals surface area contributed by atoms with Gasteiger partial charge in [0.2, 0.25) is 5.88 Å². The fourth-order valence-electron chi connectivity index (χ4n) is 1.34. The average Bonchev–Trinajstić information content (AvgIpc) is 2.37. The van der Waals surface area contributed by atoms with Gasteiger partial charge in [-0.2, -0.15) is 0 Å². The number of alkyl halides is 2. The zero-order valence-corrected chi connectivity index (χ0v) is 10.1. The highest BCUT2D eigenvalue weighted by Crippen LogP contribution is 2.34. The number of pyridine rings is 1. The third-order valence-corrected chi connectivity index (χ3v) is 2.11. The Kier molecular flexibility index (Phi) is 4.67. The molecule has 104 valence electrons. The molecule has 0 radical (unpaired) electrons. The van der Waals surface area contributed by atoms with Crippen LogP contribution < -0.4 is 4.74 Å². The molecule has 0 atom stereocenters. The molecule has 0 N–H and O–H groups in total. The maximum Gasteiger partial charge on any atom is 0.357 e. The number of hydrogen-bond donors (Lipinski definition) is 0. The van der Waals surface area contributed by atoms with E-state index >= 15 is 0 Å². The van der Waals surface area contributed by atoms with Gasteiger partial charge in [0.1, 0.15) is 5.56 Å². The van der Waals surface area contributed by atoms with Crippen LogP contribution in [0.5, 0.6) is 5.88 Å². The molecule has 0 spiro atoms. The molecule has 1 aromatic rings. The van der Waals surface area contributed by atoms with E-state index in [9.17, 15) is 23.7 Å². The maximum atomic E-state index is 12.9. The van der Waals surface area contributed by atoms with Crippen molar-refractivity contribution in [1.29, 1.82) is 0 Å². The fraction of sp³-hybridized carbons (Fsp3) is 0.400. The minimum absolute atomic E-state index is 0.0752. The van der Waals surface area contributed by atoms with Crippen molar-refractivity contribution in [2.24, 2.45) is 0 Å². The molecule has 19 heavy (non-hydrogen) atoms. The Bertz CT molecular complexity index is 507. The average molecular weight is 276 g/mol. The van der Waals surface area contributed by atoms with E-state index in [0.29, 0.717) is 0 Å². The number of carbonyl (C=O) groups excluding carboxylic acids is 1. The van der Waals surface area contributed by atoms with Gasteiger partial charge in [0.25, 0.3) is 12.1 Å². The smallest absolute Gasteiger partial charge is 0.357 e. The molecule has 0 saturated heterocycles. The van der Waals surface area contributed by atoms with Crippen molar-refractivity contribution in [3.63, 3.8) is 0 Å². The van der Waals surface area contributed by atoms with Crippen molar-refractivity contribution in [2.45, 2.75) is 13.3 Å². The molecule has 0 aliphatic carbocycles. The second-order valence-electron chi connectivity index (χ2n) is 3.22. The molecule has 1 heterocycles. The van der Waals surface area contributed by atoms with Crippen molar-refractivity contribution < 1.29 is 28.0 Å². The molecule has 0 bridgehead atoms. The van der Waals surface area contributed by atoms with Gasteiger partial charge in [-0.25, -0.2) is 18.6 Å². The van der Waals surface area contributed by atoms with Crippen LogP contribution in [0.1, 0.15) is 29.4 Å². The van der Waals surface area contributed by atoms with Crippen molar-refractivity contribution >= 4 is 11.7 Å². The van der Waals surface area contributed by atoms with Crippen LogP contribution in [0, 0.1) is 10.1 Å². The van der Waals surface area contributed by atoms with Crippen LogP contribution in [-0.2, 0) is 4.74 Å². The van der Waals surface area contributed by atoms with E-state index in [1.807, 2.05) is 0 Å². The monoisotopic (exact) mass is 276 g/mol. The Hall–Kier alpha value is -2.32. The second-order valence-corrected chi connectivity index (χ2v) is 3.22. The number of methoxy groups -OCH3 is 1. The number of nitrogens with zero attached hydrogens (tertiary/aromatic N) is 2. The molecule has 0 aromatic carbocycles. The van der Waals surface area contributed by atoms with Gasteiger partial charge < -0.3 is 9.47 Å². The van der Waals surface area contributed by atoms with E-state index in [4.69, 9.17) is 0 Å². The van der Waals surface area contributed by atoms with Crippen LogP contribution in [0.25, 0.3) is 0 Å². The Morgan fingerprint density at radius 2 is 2.21 bits per heavy atom. The number of halogens is 2. The summed E-state index contributed by atoms with van der Waals surface area (Å²) in [5.74, 6) is -1.49. The largest absolute Gasteiger partial charge is 0.481 e. The van der Waals surface area contributed by atoms with Crippen molar-refractivity contribution in [1.82, 2.24) is 4.98 Å². The van der Waals surface area contributed by atoms with Gasteiger partial charge in [-0.3, -0.25) is 10.1 Å². The number of hydrogen-bond acceptors (Lipinski definition) is 6. The lowest BCUT2D eigenvalue weighted by Gasteiger charge is -2.09. The number of aromatic nitrogens is 1. The van der Waals surface area contributed by atoms with Crippen molar-refractivity contribution in [2.75, 3.05) is 13.7 Å². The molecule has 0 unspecified atom stereocenters. The molecular formula is C10H10F2N2O5. The molecule has 0 amide bonds. The molecule has 1 rings (SSSR count). The summed E-state index contributed by atoms with van der Waals surface area (Å²) in [5.41, 5.74) is -2.84. The maximum absolute atomic E-state index is 12.9. The highest BCUT2D eigenvalue weighted by molar-refractivity contribution is 5.90. The summed E-state index contributed by atoms with van der Waals surface area (Å²) in [4.78, 5) is 24.7. The van der Waals surface area contributed by atoms with E-state index in [1.165, 1.54) is 6.92 Å². The third-order valence-electron chi connectivity index (χ3n) is 2.11. The molecule has 0 saturated carbocycles. The molecule has 1 aromatic heterocycles. The Balaban J connectivity index is 3.52. The summed E-state index contributed by atoms with van der Waals surface area (Å²) < 4.78 is 35.0. The van der Waals surface area contributed by atoms with Crippen LogP contribution in [0.15, 0.2) is 6.07 Å². The molecular weight excluding hydrogens is 266 g/mol. The van der Waals surface area contributed by atoms with Gasteiger partial charge in [0, 0.05) is 0 Å². The minimum Gasteiger partial charge on any atom is -0.481 e. The summed E-state index contributed by atoms with van der Waals surface area (Å²) in [5, 5.41) is 10.8. The van der Waals surface area contributed by atoms with E-state index in [1.54, 1.807) is 0 Å². The van der Waals surface area contributed by atoms with E-state index in [-0.39, 0.29) is 12.5 Å². The van der Waals surface area contributed by atoms with Crippen molar-refractivity contribution in [3.8, 4) is 5.88 Å². The number of esters is 1. The molecule has 0 aliphatic heterocycles.